The minimum absolute atomic E-state index is 0.0108. The van der Waals surface area contributed by atoms with E-state index in [4.69, 9.17) is 4.52 Å². The predicted octanol–water partition coefficient (Wildman–Crippen LogP) is 2.33. The van der Waals surface area contributed by atoms with Gasteiger partial charge in [-0.15, -0.1) is 0 Å². The van der Waals surface area contributed by atoms with Crippen LogP contribution in [0.5, 0.6) is 0 Å². The molecule has 0 radical (unpaired) electrons. The molecule has 0 saturated heterocycles. The highest BCUT2D eigenvalue weighted by Crippen LogP contribution is 2.24. The number of carbonyl (C=O) groups is 2. The summed E-state index contributed by atoms with van der Waals surface area (Å²) in [5.74, 6) is -1.72. The van der Waals surface area contributed by atoms with Gasteiger partial charge in [0, 0.05) is 18.1 Å². The summed E-state index contributed by atoms with van der Waals surface area (Å²) >= 11 is 0. The maximum absolute atomic E-state index is 13.4. The molecule has 0 aliphatic carbocycles. The molecule has 14 heteroatoms. The zero-order chi connectivity index (χ0) is 27.3. The number of nitrogens with one attached hydrogen (secondary N) is 4. The highest BCUT2D eigenvalue weighted by molar-refractivity contribution is 7.89. The standard InChI is InChI=1S/C24H27N7O6S/c1-15-21(16(2)37-30-15)38(35,36)31-24(23(33)34,11-4-6-13-26-20-10-3-5-12-25-20)28-22(32)17-8-7-9-19-18(17)14-27-29-19/h3,5,7-10,12,14,31H,4,6,11,13H2,1-2H3,(H,25,26)(H,27,29)(H,28,32)(H,33,34). The Morgan fingerprint density at radius 3 is 2.63 bits per heavy atom. The first-order valence-corrected chi connectivity index (χ1v) is 13.2. The predicted molar refractivity (Wildman–Crippen MR) is 137 cm³/mol. The molecule has 3 aromatic heterocycles. The number of sulfonamides is 1. The van der Waals surface area contributed by atoms with Crippen LogP contribution in [0.2, 0.25) is 0 Å². The zero-order valence-electron chi connectivity index (χ0n) is 20.7. The molecule has 0 aliphatic heterocycles. The van der Waals surface area contributed by atoms with Crippen molar-refractivity contribution in [1.29, 1.82) is 0 Å². The van der Waals surface area contributed by atoms with E-state index in [1.165, 1.54) is 26.1 Å². The van der Waals surface area contributed by atoms with E-state index in [-0.39, 0.29) is 34.8 Å². The van der Waals surface area contributed by atoms with Crippen molar-refractivity contribution in [2.24, 2.45) is 0 Å². The van der Waals surface area contributed by atoms with Crippen molar-refractivity contribution in [2.75, 3.05) is 11.9 Å². The third kappa shape index (κ3) is 5.65. The lowest BCUT2D eigenvalue weighted by Crippen LogP contribution is -2.65. The third-order valence-electron chi connectivity index (χ3n) is 5.92. The highest BCUT2D eigenvalue weighted by atomic mass is 32.2. The number of H-pyrrole nitrogens is 1. The maximum Gasteiger partial charge on any atom is 0.345 e. The number of hydrogen-bond acceptors (Lipinski definition) is 9. The molecule has 0 bridgehead atoms. The molecule has 0 spiro atoms. The maximum atomic E-state index is 13.4. The Morgan fingerprint density at radius 2 is 1.95 bits per heavy atom. The van der Waals surface area contributed by atoms with E-state index in [0.717, 1.165) is 0 Å². The highest BCUT2D eigenvalue weighted by Gasteiger charge is 2.45. The molecular formula is C24H27N7O6S. The van der Waals surface area contributed by atoms with Crippen LogP contribution in [0.25, 0.3) is 10.9 Å². The number of unbranched alkanes of at least 4 members (excludes halogenated alkanes) is 1. The molecule has 1 atom stereocenters. The van der Waals surface area contributed by atoms with Crippen LogP contribution < -0.4 is 15.4 Å². The van der Waals surface area contributed by atoms with Gasteiger partial charge in [-0.2, -0.15) is 9.82 Å². The van der Waals surface area contributed by atoms with E-state index < -0.39 is 27.6 Å². The van der Waals surface area contributed by atoms with Crippen LogP contribution in [0, 0.1) is 13.8 Å². The summed E-state index contributed by atoms with van der Waals surface area (Å²) in [5, 5.41) is 26.6. The van der Waals surface area contributed by atoms with Crippen LogP contribution in [-0.4, -0.2) is 57.9 Å². The van der Waals surface area contributed by atoms with Crippen molar-refractivity contribution < 1.29 is 27.6 Å². The van der Waals surface area contributed by atoms with Crippen molar-refractivity contribution in [1.82, 2.24) is 30.4 Å². The number of amides is 1. The zero-order valence-corrected chi connectivity index (χ0v) is 21.5. The van der Waals surface area contributed by atoms with E-state index in [9.17, 15) is 23.1 Å². The fraction of sp³-hybridized carbons (Fsp3) is 0.292. The van der Waals surface area contributed by atoms with Gasteiger partial charge in [-0.1, -0.05) is 17.3 Å². The Kier molecular flexibility index (Phi) is 7.73. The van der Waals surface area contributed by atoms with Crippen LogP contribution in [0.15, 0.2) is 58.2 Å². The minimum Gasteiger partial charge on any atom is -0.478 e. The Labute approximate surface area is 218 Å². The van der Waals surface area contributed by atoms with Gasteiger partial charge < -0.3 is 20.3 Å². The monoisotopic (exact) mass is 541 g/mol. The quantitative estimate of drug-likeness (QED) is 0.131. The number of fused-ring (bicyclic) bond motifs is 1. The number of carbonyl (C=O) groups excluding carboxylic acids is 1. The Morgan fingerprint density at radius 1 is 1.13 bits per heavy atom. The van der Waals surface area contributed by atoms with Crippen LogP contribution in [0.1, 0.15) is 41.1 Å². The molecule has 0 aliphatic rings. The van der Waals surface area contributed by atoms with Crippen LogP contribution >= 0.6 is 0 Å². The Hall–Kier alpha value is -4.30. The number of aromatic amines is 1. The number of aromatic nitrogens is 4. The number of aryl methyl sites for hydroxylation is 2. The van der Waals surface area contributed by atoms with Gasteiger partial charge in [-0.05, 0) is 57.4 Å². The Balaban J connectivity index is 1.61. The summed E-state index contributed by atoms with van der Waals surface area (Å²) in [5.41, 5.74) is -1.61. The average molecular weight is 542 g/mol. The number of aliphatic carboxylic acids is 1. The molecule has 1 amide bonds. The van der Waals surface area contributed by atoms with Gasteiger partial charge in [-0.3, -0.25) is 9.89 Å². The van der Waals surface area contributed by atoms with Gasteiger partial charge in [0.15, 0.2) is 5.76 Å². The normalized spacial score (nSPS) is 13.2. The second-order valence-corrected chi connectivity index (χ2v) is 10.3. The number of nitrogens with zero attached hydrogens (tertiary/aromatic N) is 3. The molecule has 0 saturated carbocycles. The minimum atomic E-state index is -4.47. The fourth-order valence-electron chi connectivity index (χ4n) is 4.11. The number of carboxylic acid groups (broad SMARTS) is 1. The summed E-state index contributed by atoms with van der Waals surface area (Å²) in [4.78, 5) is 29.9. The first kappa shape index (κ1) is 26.8. The molecule has 4 rings (SSSR count). The smallest absolute Gasteiger partial charge is 0.345 e. The molecule has 1 aromatic carbocycles. The molecular weight excluding hydrogens is 514 g/mol. The third-order valence-corrected chi connectivity index (χ3v) is 7.65. The molecule has 13 nitrogen and oxygen atoms in total. The van der Waals surface area contributed by atoms with E-state index in [1.54, 1.807) is 30.5 Å². The van der Waals surface area contributed by atoms with Crippen LogP contribution in [-0.2, 0) is 14.8 Å². The largest absolute Gasteiger partial charge is 0.478 e. The van der Waals surface area contributed by atoms with Crippen molar-refractivity contribution in [3.05, 3.63) is 65.8 Å². The molecule has 4 aromatic rings. The van der Waals surface area contributed by atoms with E-state index in [1.807, 2.05) is 6.07 Å². The van der Waals surface area contributed by atoms with Crippen molar-refractivity contribution in [2.45, 2.75) is 43.7 Å². The van der Waals surface area contributed by atoms with Crippen molar-refractivity contribution >= 4 is 38.6 Å². The molecule has 1 unspecified atom stereocenters. The van der Waals surface area contributed by atoms with Crippen LogP contribution in [0.4, 0.5) is 5.82 Å². The van der Waals surface area contributed by atoms with Gasteiger partial charge in [-0.25, -0.2) is 18.2 Å². The number of carboxylic acids is 1. The summed E-state index contributed by atoms with van der Waals surface area (Å²) in [7, 11) is -4.47. The number of hydrogen-bond donors (Lipinski definition) is 5. The SMILES string of the molecule is Cc1noc(C)c1S(=O)(=O)NC(CCCCNc1ccccn1)(NC(=O)c1cccc2[nH]ncc12)C(=O)O. The van der Waals surface area contributed by atoms with Gasteiger partial charge in [0.25, 0.3) is 5.91 Å². The topological polar surface area (TPSA) is 192 Å². The fourth-order valence-corrected chi connectivity index (χ4v) is 5.75. The average Bonchev–Trinajstić information content (AvgIpc) is 3.50. The van der Waals surface area contributed by atoms with Gasteiger partial charge in [0.1, 0.15) is 16.4 Å². The van der Waals surface area contributed by atoms with Crippen molar-refractivity contribution in [3.63, 3.8) is 0 Å². The lowest BCUT2D eigenvalue weighted by Gasteiger charge is -2.31. The second kappa shape index (κ2) is 11.0. The first-order chi connectivity index (χ1) is 18.1. The molecule has 38 heavy (non-hydrogen) atoms. The van der Waals surface area contributed by atoms with Gasteiger partial charge >= 0.3 is 5.97 Å². The second-order valence-electron chi connectivity index (χ2n) is 8.66. The van der Waals surface area contributed by atoms with E-state index in [2.05, 4.69) is 35.7 Å². The molecule has 0 fully saturated rings. The first-order valence-electron chi connectivity index (χ1n) is 11.7. The lowest BCUT2D eigenvalue weighted by molar-refractivity contribution is -0.145. The summed E-state index contributed by atoms with van der Waals surface area (Å²) in [6.07, 6.45) is 3.53. The summed E-state index contributed by atoms with van der Waals surface area (Å²) in [6.45, 7) is 3.28. The lowest BCUT2D eigenvalue weighted by atomic mass is 10.0. The summed E-state index contributed by atoms with van der Waals surface area (Å²) in [6, 6.07) is 10.2. The molecule has 5 N–H and O–H groups in total. The number of rotatable bonds is 12. The van der Waals surface area contributed by atoms with E-state index in [0.29, 0.717) is 29.7 Å². The number of anilines is 1. The van der Waals surface area contributed by atoms with Gasteiger partial charge in [0.05, 0.1) is 17.3 Å². The number of benzene rings is 1. The Bertz CT molecular complexity index is 1530. The van der Waals surface area contributed by atoms with Gasteiger partial charge in [0.2, 0.25) is 15.7 Å². The van der Waals surface area contributed by atoms with Crippen LogP contribution in [0.3, 0.4) is 0 Å². The molecule has 3 heterocycles. The van der Waals surface area contributed by atoms with E-state index >= 15 is 0 Å². The number of pyridine rings is 1. The summed E-state index contributed by atoms with van der Waals surface area (Å²) < 4.78 is 33.9. The van der Waals surface area contributed by atoms with Crippen molar-refractivity contribution in [3.8, 4) is 0 Å². The molecule has 200 valence electrons.